The minimum absolute atomic E-state index is 0.0561. The van der Waals surface area contributed by atoms with Crippen LogP contribution in [0.3, 0.4) is 0 Å². The number of ketones is 1. The fourth-order valence-electron chi connectivity index (χ4n) is 3.54. The van der Waals surface area contributed by atoms with Crippen molar-refractivity contribution in [3.8, 4) is 11.5 Å². The Morgan fingerprint density at radius 3 is 2.73 bits per heavy atom. The van der Waals surface area contributed by atoms with Crippen molar-refractivity contribution in [1.29, 1.82) is 0 Å². The van der Waals surface area contributed by atoms with Crippen LogP contribution in [0, 0.1) is 5.92 Å². The zero-order valence-electron chi connectivity index (χ0n) is 13.0. The first kappa shape index (κ1) is 14.9. The van der Waals surface area contributed by atoms with Gasteiger partial charge >= 0.3 is 0 Å². The molecule has 3 rings (SSSR count). The van der Waals surface area contributed by atoms with Crippen LogP contribution < -0.4 is 9.47 Å². The summed E-state index contributed by atoms with van der Waals surface area (Å²) in [7, 11) is 3.22. The van der Waals surface area contributed by atoms with E-state index in [-0.39, 0.29) is 17.7 Å². The molecule has 1 saturated heterocycles. The second-order valence-electron chi connectivity index (χ2n) is 6.01. The Morgan fingerprint density at radius 1 is 1.18 bits per heavy atom. The quantitative estimate of drug-likeness (QED) is 0.855. The third-order valence-electron chi connectivity index (χ3n) is 4.77. The van der Waals surface area contributed by atoms with Crippen molar-refractivity contribution >= 4 is 11.7 Å². The first-order valence-corrected chi connectivity index (χ1v) is 7.64. The van der Waals surface area contributed by atoms with E-state index in [1.165, 1.54) is 0 Å². The van der Waals surface area contributed by atoms with E-state index in [9.17, 15) is 9.59 Å². The summed E-state index contributed by atoms with van der Waals surface area (Å²) in [5.74, 6) is 2.16. The molecule has 2 aliphatic rings. The molecule has 0 bridgehead atoms. The van der Waals surface area contributed by atoms with Gasteiger partial charge in [0.2, 0.25) is 5.91 Å². The molecule has 0 aromatic heterocycles. The van der Waals surface area contributed by atoms with Gasteiger partial charge in [-0.2, -0.15) is 0 Å². The Hall–Kier alpha value is -2.04. The summed E-state index contributed by atoms with van der Waals surface area (Å²) in [6, 6.07) is 5.66. The maximum atomic E-state index is 12.3. The number of hydrogen-bond acceptors (Lipinski definition) is 4. The standard InChI is InChI=1S/C17H21NO4/c1-21-14-6-4-12(16(9-14)22-2)10-18-15-8-13(19)5-3-11(15)7-17(18)20/h4,6,9,11,15H,3,5,7-8,10H2,1-2H3/t11-,15+/m0/s1. The molecule has 2 atom stereocenters. The lowest BCUT2D eigenvalue weighted by molar-refractivity contribution is -0.130. The maximum Gasteiger partial charge on any atom is 0.223 e. The van der Waals surface area contributed by atoms with Gasteiger partial charge in [0.25, 0.3) is 0 Å². The number of carbonyl (C=O) groups is 2. The molecule has 5 heteroatoms. The van der Waals surface area contributed by atoms with Crippen LogP contribution in [0.25, 0.3) is 0 Å². The minimum Gasteiger partial charge on any atom is -0.497 e. The fraction of sp³-hybridized carbons (Fsp3) is 0.529. The van der Waals surface area contributed by atoms with Gasteiger partial charge in [0.1, 0.15) is 17.3 Å². The van der Waals surface area contributed by atoms with Gasteiger partial charge < -0.3 is 14.4 Å². The summed E-state index contributed by atoms with van der Waals surface area (Å²) in [6.45, 7) is 0.487. The first-order chi connectivity index (χ1) is 10.6. The molecule has 1 heterocycles. The number of nitrogens with zero attached hydrogens (tertiary/aromatic N) is 1. The van der Waals surface area contributed by atoms with Gasteiger partial charge in [-0.25, -0.2) is 0 Å². The van der Waals surface area contributed by atoms with E-state index >= 15 is 0 Å². The molecule has 1 saturated carbocycles. The molecule has 2 fully saturated rings. The van der Waals surface area contributed by atoms with Crippen LogP contribution in [-0.2, 0) is 16.1 Å². The Bertz CT molecular complexity index is 598. The smallest absolute Gasteiger partial charge is 0.223 e. The number of fused-ring (bicyclic) bond motifs is 1. The molecule has 0 spiro atoms. The highest BCUT2D eigenvalue weighted by Gasteiger charge is 2.43. The third-order valence-corrected chi connectivity index (χ3v) is 4.77. The molecule has 22 heavy (non-hydrogen) atoms. The van der Waals surface area contributed by atoms with E-state index in [2.05, 4.69) is 0 Å². The topological polar surface area (TPSA) is 55.8 Å². The van der Waals surface area contributed by atoms with E-state index in [0.29, 0.717) is 37.5 Å². The third kappa shape index (κ3) is 2.67. The van der Waals surface area contributed by atoms with Crippen molar-refractivity contribution < 1.29 is 19.1 Å². The summed E-state index contributed by atoms with van der Waals surface area (Å²) in [6.07, 6.45) is 2.52. The lowest BCUT2D eigenvalue weighted by Gasteiger charge is -2.31. The van der Waals surface area contributed by atoms with E-state index < -0.39 is 0 Å². The number of rotatable bonds is 4. The van der Waals surface area contributed by atoms with Gasteiger partial charge in [-0.05, 0) is 24.5 Å². The summed E-state index contributed by atoms with van der Waals surface area (Å²) in [5.41, 5.74) is 0.940. The molecule has 1 amide bonds. The monoisotopic (exact) mass is 303 g/mol. The molecule has 1 aromatic carbocycles. The van der Waals surface area contributed by atoms with Crippen LogP contribution in [0.1, 0.15) is 31.2 Å². The highest BCUT2D eigenvalue weighted by Crippen LogP contribution is 2.37. The Morgan fingerprint density at radius 2 is 2.00 bits per heavy atom. The van der Waals surface area contributed by atoms with Crippen molar-refractivity contribution in [3.63, 3.8) is 0 Å². The highest BCUT2D eigenvalue weighted by molar-refractivity contribution is 5.85. The van der Waals surface area contributed by atoms with Crippen LogP contribution in [-0.4, -0.2) is 36.9 Å². The summed E-state index contributed by atoms with van der Waals surface area (Å²) < 4.78 is 10.6. The predicted octanol–water partition coefficient (Wildman–Crippen LogP) is 2.17. The number of methoxy groups -OCH3 is 2. The first-order valence-electron chi connectivity index (χ1n) is 7.64. The molecule has 0 unspecified atom stereocenters. The molecular formula is C17H21NO4. The lowest BCUT2D eigenvalue weighted by atomic mass is 9.84. The molecular weight excluding hydrogens is 282 g/mol. The van der Waals surface area contributed by atoms with Crippen LogP contribution in [0.5, 0.6) is 11.5 Å². The molecule has 1 aliphatic heterocycles. The largest absolute Gasteiger partial charge is 0.497 e. The van der Waals surface area contributed by atoms with Crippen LogP contribution in [0.15, 0.2) is 18.2 Å². The number of carbonyl (C=O) groups excluding carboxylic acids is 2. The highest BCUT2D eigenvalue weighted by atomic mass is 16.5. The number of likely N-dealkylation sites (tertiary alicyclic amines) is 1. The molecule has 1 aliphatic carbocycles. The number of Topliss-reactive ketones (excluding diaryl/α,β-unsaturated/α-hetero) is 1. The molecule has 0 N–H and O–H groups in total. The predicted molar refractivity (Wildman–Crippen MR) is 80.8 cm³/mol. The Kier molecular flexibility index (Phi) is 4.05. The van der Waals surface area contributed by atoms with Crippen molar-refractivity contribution in [2.75, 3.05) is 14.2 Å². The van der Waals surface area contributed by atoms with Crippen LogP contribution in [0.4, 0.5) is 0 Å². The van der Waals surface area contributed by atoms with Crippen molar-refractivity contribution in [1.82, 2.24) is 4.90 Å². The average molecular weight is 303 g/mol. The average Bonchev–Trinajstić information content (AvgIpc) is 2.83. The summed E-state index contributed by atoms with van der Waals surface area (Å²) >= 11 is 0. The van der Waals surface area contributed by atoms with E-state index in [4.69, 9.17) is 9.47 Å². The minimum atomic E-state index is 0.0561. The van der Waals surface area contributed by atoms with E-state index in [1.54, 1.807) is 14.2 Å². The Labute approximate surface area is 130 Å². The van der Waals surface area contributed by atoms with Gasteiger partial charge in [-0.1, -0.05) is 0 Å². The lowest BCUT2D eigenvalue weighted by Crippen LogP contribution is -2.38. The zero-order chi connectivity index (χ0) is 15.7. The summed E-state index contributed by atoms with van der Waals surface area (Å²) in [4.78, 5) is 25.9. The van der Waals surface area contributed by atoms with Gasteiger partial charge in [0.05, 0.1) is 14.2 Å². The second-order valence-corrected chi connectivity index (χ2v) is 6.01. The Balaban J connectivity index is 1.82. The molecule has 0 radical (unpaired) electrons. The van der Waals surface area contributed by atoms with Gasteiger partial charge in [0, 0.05) is 43.5 Å². The number of hydrogen-bond donors (Lipinski definition) is 0. The number of benzene rings is 1. The summed E-state index contributed by atoms with van der Waals surface area (Å²) in [5, 5.41) is 0. The second kappa shape index (κ2) is 5.99. The van der Waals surface area contributed by atoms with Gasteiger partial charge in [-0.15, -0.1) is 0 Å². The van der Waals surface area contributed by atoms with Crippen LogP contribution >= 0.6 is 0 Å². The number of amides is 1. The van der Waals surface area contributed by atoms with Crippen molar-refractivity contribution in [3.05, 3.63) is 23.8 Å². The van der Waals surface area contributed by atoms with Crippen molar-refractivity contribution in [2.45, 2.75) is 38.3 Å². The van der Waals surface area contributed by atoms with E-state index in [0.717, 1.165) is 17.7 Å². The van der Waals surface area contributed by atoms with E-state index in [1.807, 2.05) is 23.1 Å². The number of ether oxygens (including phenoxy) is 2. The molecule has 5 nitrogen and oxygen atoms in total. The molecule has 1 aromatic rings. The SMILES string of the molecule is COc1ccc(CN2C(=O)C[C@@H]3CCC(=O)C[C@H]32)c(OC)c1. The van der Waals surface area contributed by atoms with Crippen LogP contribution in [0.2, 0.25) is 0 Å². The maximum absolute atomic E-state index is 12.3. The van der Waals surface area contributed by atoms with Gasteiger partial charge in [0.15, 0.2) is 0 Å². The normalized spacial score (nSPS) is 24.4. The fourth-order valence-corrected chi connectivity index (χ4v) is 3.54. The molecule has 118 valence electrons. The zero-order valence-corrected chi connectivity index (χ0v) is 13.0. The van der Waals surface area contributed by atoms with Gasteiger partial charge in [-0.3, -0.25) is 9.59 Å². The van der Waals surface area contributed by atoms with Crippen molar-refractivity contribution in [2.24, 2.45) is 5.92 Å².